The number of allylic oxidation sites excluding steroid dienone is 5. The van der Waals surface area contributed by atoms with Gasteiger partial charge in [-0.05, 0) is 357 Å². The summed E-state index contributed by atoms with van der Waals surface area (Å²) < 4.78 is 0. The van der Waals surface area contributed by atoms with E-state index >= 15 is 0 Å². The highest BCUT2D eigenvalue weighted by molar-refractivity contribution is 5.36. The first-order valence-electron chi connectivity index (χ1n) is 40.9. The molecule has 13 saturated carbocycles. The highest BCUT2D eigenvalue weighted by atomic mass is 16.3. The van der Waals surface area contributed by atoms with Gasteiger partial charge in [-0.1, -0.05) is 188 Å². The minimum atomic E-state index is -0.125. The summed E-state index contributed by atoms with van der Waals surface area (Å²) in [5.41, 5.74) is 11.1. The Kier molecular flexibility index (Phi) is 16.7. The Morgan fingerprint density at radius 2 is 0.817 bits per heavy atom. The van der Waals surface area contributed by atoms with Crippen LogP contribution in [-0.2, 0) is 0 Å². The van der Waals surface area contributed by atoms with Crippen molar-refractivity contribution in [3.63, 3.8) is 0 Å². The number of aliphatic hydroxyl groups is 3. The number of hydrogen-bond acceptors (Lipinski definition) is 3. The zero-order chi connectivity index (χ0) is 67.9. The summed E-state index contributed by atoms with van der Waals surface area (Å²) in [4.78, 5) is 0. The Labute approximate surface area is 574 Å². The van der Waals surface area contributed by atoms with E-state index in [1.807, 2.05) is 11.1 Å². The number of aliphatic hydroxyl groups excluding tert-OH is 3. The second-order valence-corrected chi connectivity index (χ2v) is 44.6. The molecule has 0 saturated heterocycles. The molecule has 3 heteroatoms. The monoisotopic (exact) mass is 1280 g/mol. The van der Waals surface area contributed by atoms with Crippen LogP contribution in [0.5, 0.6) is 0 Å². The molecule has 0 amide bonds. The average molecular weight is 1280 g/mol. The zero-order valence-electron chi connectivity index (χ0n) is 65.4. The minimum absolute atomic E-state index is 0.0533. The van der Waals surface area contributed by atoms with Gasteiger partial charge in [-0.2, -0.15) is 0 Å². The molecule has 28 atom stereocenters. The van der Waals surface area contributed by atoms with Crippen molar-refractivity contribution in [1.29, 1.82) is 0 Å². The third-order valence-electron chi connectivity index (χ3n) is 39.9. The molecule has 0 radical (unpaired) electrons. The lowest BCUT2D eigenvalue weighted by molar-refractivity contribution is -0.246. The average Bonchev–Trinajstić information content (AvgIpc) is 1.23. The van der Waals surface area contributed by atoms with E-state index < -0.39 is 0 Å². The molecule has 15 aliphatic carbocycles. The fourth-order valence-electron chi connectivity index (χ4n) is 32.8. The summed E-state index contributed by atoms with van der Waals surface area (Å²) in [5.74, 6) is 10.1. The first kappa shape index (κ1) is 70.5. The van der Waals surface area contributed by atoms with Gasteiger partial charge in [-0.25, -0.2) is 0 Å². The second-order valence-electron chi connectivity index (χ2n) is 44.6. The predicted molar refractivity (Wildman–Crippen MR) is 392 cm³/mol. The second kappa shape index (κ2) is 22.1. The van der Waals surface area contributed by atoms with Crippen LogP contribution in [0, 0.1) is 164 Å². The summed E-state index contributed by atoms with van der Waals surface area (Å²) in [5, 5.41) is 32.7. The van der Waals surface area contributed by atoms with Gasteiger partial charge in [-0.3, -0.25) is 0 Å². The quantitative estimate of drug-likeness (QED) is 0.229. The molecular formula is C90H150O3. The lowest BCUT2D eigenvalue weighted by atomic mass is 9.32. The van der Waals surface area contributed by atoms with Crippen LogP contribution >= 0.6 is 0 Å². The summed E-state index contributed by atoms with van der Waals surface area (Å²) in [6.07, 6.45) is 43.7. The van der Waals surface area contributed by atoms with Crippen LogP contribution in [0.15, 0.2) is 35.5 Å². The van der Waals surface area contributed by atoms with E-state index in [2.05, 4.69) is 178 Å². The Hall–Kier alpha value is -0.900. The molecule has 0 aromatic heterocycles. The van der Waals surface area contributed by atoms with Crippen LogP contribution in [-0.4, -0.2) is 33.6 Å². The summed E-state index contributed by atoms with van der Waals surface area (Å²) >= 11 is 0. The van der Waals surface area contributed by atoms with Crippen LogP contribution in [0.25, 0.3) is 0 Å². The van der Waals surface area contributed by atoms with E-state index in [1.165, 1.54) is 173 Å². The van der Waals surface area contributed by atoms with Gasteiger partial charge in [0.2, 0.25) is 0 Å². The van der Waals surface area contributed by atoms with E-state index in [1.54, 1.807) is 0 Å². The van der Waals surface area contributed by atoms with Crippen molar-refractivity contribution < 1.29 is 15.3 Å². The molecule has 3 unspecified atom stereocenters. The fourth-order valence-corrected chi connectivity index (χ4v) is 32.8. The number of rotatable bonds is 1. The van der Waals surface area contributed by atoms with Crippen LogP contribution < -0.4 is 0 Å². The van der Waals surface area contributed by atoms with Crippen molar-refractivity contribution in [2.45, 2.75) is 364 Å². The highest BCUT2D eigenvalue weighted by Crippen LogP contribution is 2.81. The molecule has 528 valence electrons. The lowest BCUT2D eigenvalue weighted by Crippen LogP contribution is -2.66. The van der Waals surface area contributed by atoms with Crippen molar-refractivity contribution in [2.75, 3.05) is 0 Å². The number of hydrogen-bond donors (Lipinski definition) is 3. The third kappa shape index (κ3) is 9.49. The smallest absolute Gasteiger partial charge is 0.0594 e. The third-order valence-corrected chi connectivity index (χ3v) is 39.9. The normalized spacial score (nSPS) is 57.1. The van der Waals surface area contributed by atoms with Gasteiger partial charge in [0.25, 0.3) is 0 Å². The molecule has 13 fully saturated rings. The van der Waals surface area contributed by atoms with Crippen LogP contribution in [0.2, 0.25) is 0 Å². The van der Waals surface area contributed by atoms with Crippen LogP contribution in [0.3, 0.4) is 0 Å². The maximum Gasteiger partial charge on any atom is 0.0594 e. The van der Waals surface area contributed by atoms with Crippen LogP contribution in [0.1, 0.15) is 345 Å². The Balaban J connectivity index is 0.000000127. The highest BCUT2D eigenvalue weighted by Gasteiger charge is 2.73. The van der Waals surface area contributed by atoms with E-state index in [-0.39, 0.29) is 34.6 Å². The molecule has 0 heterocycles. The largest absolute Gasteiger partial charge is 0.393 e. The molecule has 0 bridgehead atoms. The molecule has 0 spiro atoms. The molecule has 0 aliphatic heterocycles. The summed E-state index contributed by atoms with van der Waals surface area (Å²) in [7, 11) is 0. The topological polar surface area (TPSA) is 60.7 Å². The molecule has 3 nitrogen and oxygen atoms in total. The molecule has 93 heavy (non-hydrogen) atoms. The fraction of sp³-hybridized carbons (Fsp3) is 0.933. The van der Waals surface area contributed by atoms with E-state index in [0.717, 1.165) is 78.4 Å². The molecule has 15 aliphatic rings. The predicted octanol–water partition coefficient (Wildman–Crippen LogP) is 24.2. The van der Waals surface area contributed by atoms with E-state index in [9.17, 15) is 15.3 Å². The lowest BCUT2D eigenvalue weighted by Gasteiger charge is -2.73. The standard InChI is InChI=1S/3C30H50O/c1-19-11-14-27(5)17-18-29(7)21(25(27)20(19)2)9-10-23-28(6)15-13-24(31)26(3,4)22(28)12-16-30(23,29)8;1-19(2)20-11-14-27(5)17-18-29(7)21(25(20)27)9-10-23-28(6)15-13-24(31)26(3,4)22(28)12-16-30(23,29)8;1-25(2)15-16-27(5)17-18-29(7)20(21(27)19-25)9-10-23-28(6)13-12-24(31)26(3,4)22(28)11-14-30(23,29)8/h9,19-20,22-25,31H,10-18H2,1-8H3;20-25,31H,1,9-18H2,2-8H3;9,21-24,31H,10-19H2,1-8H3/t19-,20+,22+,23-,24+,25?,27-,28+,29-,30-;20-,21?,22-,23+,24-,25+,27+,28-,29+,30+;21?,22-,23+,24-,27+,28-,29+,30+/m100/s1. The van der Waals surface area contributed by atoms with E-state index in [0.29, 0.717) is 88.1 Å². The Morgan fingerprint density at radius 1 is 0.387 bits per heavy atom. The van der Waals surface area contributed by atoms with Crippen molar-refractivity contribution in [3.8, 4) is 0 Å². The van der Waals surface area contributed by atoms with Crippen LogP contribution in [0.4, 0.5) is 0 Å². The summed E-state index contributed by atoms with van der Waals surface area (Å²) in [6.45, 7) is 63.3. The van der Waals surface area contributed by atoms with Gasteiger partial charge in [0.05, 0.1) is 18.3 Å². The first-order chi connectivity index (χ1) is 42.8. The molecule has 3 N–H and O–H groups in total. The number of fused-ring (bicyclic) bond motifs is 21. The molecule has 0 aromatic rings. The maximum absolute atomic E-state index is 10.9. The van der Waals surface area contributed by atoms with Gasteiger partial charge in [0.1, 0.15) is 0 Å². The maximum atomic E-state index is 10.9. The zero-order valence-corrected chi connectivity index (χ0v) is 65.4. The van der Waals surface area contributed by atoms with Crippen molar-refractivity contribution in [2.24, 2.45) is 164 Å². The summed E-state index contributed by atoms with van der Waals surface area (Å²) in [6, 6.07) is 0. The van der Waals surface area contributed by atoms with Crippen molar-refractivity contribution in [3.05, 3.63) is 35.5 Å². The van der Waals surface area contributed by atoms with Gasteiger partial charge in [-0.15, -0.1) is 0 Å². The first-order valence-corrected chi connectivity index (χ1v) is 40.9. The minimum Gasteiger partial charge on any atom is -0.393 e. The Morgan fingerprint density at radius 3 is 1.32 bits per heavy atom. The van der Waals surface area contributed by atoms with Crippen molar-refractivity contribution >= 4 is 0 Å². The van der Waals surface area contributed by atoms with Gasteiger partial charge in [0.15, 0.2) is 0 Å². The van der Waals surface area contributed by atoms with Gasteiger partial charge in [0, 0.05) is 0 Å². The van der Waals surface area contributed by atoms with Gasteiger partial charge >= 0.3 is 0 Å². The van der Waals surface area contributed by atoms with Crippen molar-refractivity contribution in [1.82, 2.24) is 0 Å². The van der Waals surface area contributed by atoms with Gasteiger partial charge < -0.3 is 15.3 Å². The molecular weight excluding hydrogens is 1130 g/mol. The molecule has 0 aromatic carbocycles. The van der Waals surface area contributed by atoms with E-state index in [4.69, 9.17) is 0 Å². The molecule has 15 rings (SSSR count). The SMILES string of the molecule is C=C(C)[C@@H]1CC[C@]2(C)CC[C@]3(C)C(CC[C@@H]4[C@@]5(C)CC[C@H](O)C(C)(C)[C@@H]5CC[C@]43C)[C@@H]12.CC1(C)CC[C@]2(C)CC[C@]3(C)C(=CC[C@@H]4[C@@]5(C)CC[C@H](O)C(C)(C)[C@@H]5CC[C@]43C)C2C1.C[C@@H]1CC[C@]2(C)CC[C@]3(C)C(=CC[C@@H]4[C@@]5(C)CC[C@H](O)C(C)(C)[C@@H]5CC[C@]43C)C2[C@H]1C. The Bertz CT molecular complexity index is 2950.